The predicted octanol–water partition coefficient (Wildman–Crippen LogP) is 2.85. The lowest BCUT2D eigenvalue weighted by Gasteiger charge is -2.12. The summed E-state index contributed by atoms with van der Waals surface area (Å²) < 4.78 is 5.25. The molecule has 0 N–H and O–H groups in total. The lowest BCUT2D eigenvalue weighted by molar-refractivity contribution is -0.122. The number of para-hydroxylation sites is 1. The molecule has 0 amide bonds. The molecule has 0 aliphatic heterocycles. The van der Waals surface area contributed by atoms with E-state index in [4.69, 9.17) is 4.74 Å². The van der Waals surface area contributed by atoms with Crippen molar-refractivity contribution in [3.63, 3.8) is 0 Å². The maximum Gasteiger partial charge on any atom is 0.135 e. The molecule has 0 aliphatic carbocycles. The van der Waals surface area contributed by atoms with Crippen molar-refractivity contribution in [3.8, 4) is 5.75 Å². The second-order valence-electron chi connectivity index (χ2n) is 3.74. The number of carbonyl (C=O) groups excluding carboxylic acids is 1. The average molecular weight is 206 g/mol. The summed E-state index contributed by atoms with van der Waals surface area (Å²) in [5, 5.41) is 0. The minimum Gasteiger partial charge on any atom is -0.496 e. The fourth-order valence-corrected chi connectivity index (χ4v) is 1.66. The van der Waals surface area contributed by atoms with E-state index >= 15 is 0 Å². The molecule has 15 heavy (non-hydrogen) atoms. The van der Waals surface area contributed by atoms with Crippen molar-refractivity contribution in [3.05, 3.63) is 29.8 Å². The minimum absolute atomic E-state index is 0.0753. The maximum atomic E-state index is 11.5. The second-order valence-corrected chi connectivity index (χ2v) is 3.74. The van der Waals surface area contributed by atoms with Crippen molar-refractivity contribution in [1.29, 1.82) is 0 Å². The molecule has 1 rings (SSSR count). The van der Waals surface area contributed by atoms with Gasteiger partial charge >= 0.3 is 0 Å². The van der Waals surface area contributed by atoms with Crippen LogP contribution >= 0.6 is 0 Å². The smallest absolute Gasteiger partial charge is 0.135 e. The van der Waals surface area contributed by atoms with Crippen LogP contribution in [0.5, 0.6) is 5.75 Å². The quantitative estimate of drug-likeness (QED) is 0.740. The summed E-state index contributed by atoms with van der Waals surface area (Å²) in [4.78, 5) is 11.5. The van der Waals surface area contributed by atoms with Crippen LogP contribution < -0.4 is 4.74 Å². The van der Waals surface area contributed by atoms with Crippen LogP contribution in [-0.4, -0.2) is 12.9 Å². The number of ketones is 1. The van der Waals surface area contributed by atoms with Crippen LogP contribution in [0.3, 0.4) is 0 Å². The molecule has 0 saturated heterocycles. The summed E-state index contributed by atoms with van der Waals surface area (Å²) in [5.74, 6) is 1.25. The van der Waals surface area contributed by atoms with Gasteiger partial charge in [-0.1, -0.05) is 32.0 Å². The number of rotatable bonds is 5. The Morgan fingerprint density at radius 2 is 2.07 bits per heavy atom. The molecular formula is C13H18O2. The van der Waals surface area contributed by atoms with E-state index in [1.54, 1.807) is 7.11 Å². The van der Waals surface area contributed by atoms with Gasteiger partial charge in [-0.3, -0.25) is 4.79 Å². The standard InChI is InChI=1S/C13H18O2/c1-4-12(14)10(2)9-11-7-5-6-8-13(11)15-3/h5-8,10H,4,9H2,1-3H3. The normalized spacial score (nSPS) is 12.2. The summed E-state index contributed by atoms with van der Waals surface area (Å²) in [6.45, 7) is 3.87. The van der Waals surface area contributed by atoms with E-state index in [9.17, 15) is 4.79 Å². The Morgan fingerprint density at radius 3 is 2.67 bits per heavy atom. The van der Waals surface area contributed by atoms with Crippen molar-refractivity contribution in [2.45, 2.75) is 26.7 Å². The number of hydrogen-bond acceptors (Lipinski definition) is 2. The zero-order chi connectivity index (χ0) is 11.3. The maximum absolute atomic E-state index is 11.5. The third-order valence-electron chi connectivity index (χ3n) is 2.62. The Labute approximate surface area is 91.3 Å². The Kier molecular flexibility index (Phi) is 4.35. The van der Waals surface area contributed by atoms with Gasteiger partial charge in [0.15, 0.2) is 0 Å². The highest BCUT2D eigenvalue weighted by Gasteiger charge is 2.13. The van der Waals surface area contributed by atoms with E-state index in [1.165, 1.54) is 0 Å². The molecule has 0 spiro atoms. The first kappa shape index (κ1) is 11.8. The van der Waals surface area contributed by atoms with Crippen LogP contribution in [0.1, 0.15) is 25.8 Å². The van der Waals surface area contributed by atoms with Crippen molar-refractivity contribution >= 4 is 5.78 Å². The van der Waals surface area contributed by atoms with E-state index in [0.29, 0.717) is 12.2 Å². The highest BCUT2D eigenvalue weighted by molar-refractivity contribution is 5.80. The molecule has 82 valence electrons. The molecule has 0 radical (unpaired) electrons. The largest absolute Gasteiger partial charge is 0.496 e. The molecule has 0 heterocycles. The summed E-state index contributed by atoms with van der Waals surface area (Å²) in [6, 6.07) is 7.85. The van der Waals surface area contributed by atoms with E-state index in [2.05, 4.69) is 0 Å². The Bertz CT molecular complexity index is 331. The van der Waals surface area contributed by atoms with Gasteiger partial charge in [0, 0.05) is 12.3 Å². The third kappa shape index (κ3) is 3.08. The molecule has 0 saturated carbocycles. The summed E-state index contributed by atoms with van der Waals surface area (Å²) in [6.07, 6.45) is 1.37. The minimum atomic E-state index is 0.0753. The molecule has 2 heteroatoms. The van der Waals surface area contributed by atoms with Crippen molar-refractivity contribution in [1.82, 2.24) is 0 Å². The third-order valence-corrected chi connectivity index (χ3v) is 2.62. The molecule has 0 aliphatic rings. The zero-order valence-electron chi connectivity index (χ0n) is 9.62. The fourth-order valence-electron chi connectivity index (χ4n) is 1.66. The topological polar surface area (TPSA) is 26.3 Å². The molecule has 1 atom stereocenters. The number of hydrogen-bond donors (Lipinski definition) is 0. The molecule has 0 aromatic heterocycles. The monoisotopic (exact) mass is 206 g/mol. The Morgan fingerprint density at radius 1 is 1.40 bits per heavy atom. The van der Waals surface area contributed by atoms with Crippen LogP contribution in [0.25, 0.3) is 0 Å². The SMILES string of the molecule is CCC(=O)C(C)Cc1ccccc1OC. The van der Waals surface area contributed by atoms with Crippen molar-refractivity contribution < 1.29 is 9.53 Å². The van der Waals surface area contributed by atoms with E-state index < -0.39 is 0 Å². The molecule has 1 aromatic carbocycles. The van der Waals surface area contributed by atoms with Crippen LogP contribution in [0.4, 0.5) is 0 Å². The number of carbonyl (C=O) groups is 1. The van der Waals surface area contributed by atoms with Gasteiger partial charge < -0.3 is 4.74 Å². The summed E-state index contributed by atoms with van der Waals surface area (Å²) in [5.41, 5.74) is 1.11. The number of benzene rings is 1. The summed E-state index contributed by atoms with van der Waals surface area (Å²) >= 11 is 0. The average Bonchev–Trinajstić information content (AvgIpc) is 2.28. The number of Topliss-reactive ketones (excluding diaryl/α,β-unsaturated/α-hetero) is 1. The van der Waals surface area contributed by atoms with Crippen LogP contribution in [-0.2, 0) is 11.2 Å². The van der Waals surface area contributed by atoms with Gasteiger partial charge in [-0.05, 0) is 18.1 Å². The Balaban J connectivity index is 2.75. The number of methoxy groups -OCH3 is 1. The van der Waals surface area contributed by atoms with E-state index in [0.717, 1.165) is 17.7 Å². The van der Waals surface area contributed by atoms with Gasteiger partial charge in [0.2, 0.25) is 0 Å². The lowest BCUT2D eigenvalue weighted by Crippen LogP contribution is -2.12. The van der Waals surface area contributed by atoms with Gasteiger partial charge in [0.25, 0.3) is 0 Å². The molecule has 1 aromatic rings. The molecule has 0 bridgehead atoms. The first-order chi connectivity index (χ1) is 7.19. The van der Waals surface area contributed by atoms with E-state index in [-0.39, 0.29) is 5.92 Å². The predicted molar refractivity (Wildman–Crippen MR) is 61.2 cm³/mol. The summed E-state index contributed by atoms with van der Waals surface area (Å²) in [7, 11) is 1.66. The molecular weight excluding hydrogens is 188 g/mol. The Hall–Kier alpha value is -1.31. The van der Waals surface area contributed by atoms with Gasteiger partial charge in [-0.2, -0.15) is 0 Å². The first-order valence-corrected chi connectivity index (χ1v) is 5.33. The van der Waals surface area contributed by atoms with Gasteiger partial charge in [-0.15, -0.1) is 0 Å². The first-order valence-electron chi connectivity index (χ1n) is 5.33. The number of ether oxygens (including phenoxy) is 1. The second kappa shape index (κ2) is 5.54. The van der Waals surface area contributed by atoms with Crippen LogP contribution in [0, 0.1) is 5.92 Å². The van der Waals surface area contributed by atoms with Crippen LogP contribution in [0.15, 0.2) is 24.3 Å². The van der Waals surface area contributed by atoms with Crippen molar-refractivity contribution in [2.75, 3.05) is 7.11 Å². The van der Waals surface area contributed by atoms with Crippen molar-refractivity contribution in [2.24, 2.45) is 5.92 Å². The highest BCUT2D eigenvalue weighted by Crippen LogP contribution is 2.21. The zero-order valence-corrected chi connectivity index (χ0v) is 9.62. The van der Waals surface area contributed by atoms with Gasteiger partial charge in [-0.25, -0.2) is 0 Å². The fraction of sp³-hybridized carbons (Fsp3) is 0.462. The van der Waals surface area contributed by atoms with E-state index in [1.807, 2.05) is 38.1 Å². The van der Waals surface area contributed by atoms with Crippen LogP contribution in [0.2, 0.25) is 0 Å². The molecule has 2 nitrogen and oxygen atoms in total. The highest BCUT2D eigenvalue weighted by atomic mass is 16.5. The lowest BCUT2D eigenvalue weighted by atomic mass is 9.95. The molecule has 1 unspecified atom stereocenters. The van der Waals surface area contributed by atoms with Gasteiger partial charge in [0.05, 0.1) is 7.11 Å². The van der Waals surface area contributed by atoms with Gasteiger partial charge in [0.1, 0.15) is 11.5 Å². The molecule has 0 fully saturated rings.